The zero-order valence-corrected chi connectivity index (χ0v) is 10.4. The summed E-state index contributed by atoms with van der Waals surface area (Å²) in [4.78, 5) is 11.7. The zero-order valence-electron chi connectivity index (χ0n) is 8.87. The van der Waals surface area contributed by atoms with Crippen LogP contribution in [0.5, 0.6) is 0 Å². The molecule has 0 N–H and O–H groups in total. The first-order chi connectivity index (χ1) is 7.66. The molecule has 0 radical (unpaired) electrons. The standard InChI is InChI=1S/C13H11ClOS/c1-9-2-4-10(5-3-9)6-11-7-16-8-12(14)13(11)15/h2-5,7-8H,6H2,1H3. The molecule has 82 valence electrons. The first-order valence-electron chi connectivity index (χ1n) is 4.97. The Kier molecular flexibility index (Phi) is 3.42. The monoisotopic (exact) mass is 250 g/mol. The van der Waals surface area contributed by atoms with Gasteiger partial charge in [0, 0.05) is 17.4 Å². The first kappa shape index (κ1) is 11.4. The molecule has 16 heavy (non-hydrogen) atoms. The summed E-state index contributed by atoms with van der Waals surface area (Å²) in [7, 11) is 0. The maximum absolute atomic E-state index is 11.7. The minimum absolute atomic E-state index is 0.0546. The van der Waals surface area contributed by atoms with Crippen LogP contribution in [0.1, 0.15) is 16.7 Å². The highest BCUT2D eigenvalue weighted by Gasteiger charge is 2.04. The van der Waals surface area contributed by atoms with Crippen LogP contribution in [0.25, 0.3) is 0 Å². The van der Waals surface area contributed by atoms with Crippen LogP contribution in [-0.2, 0) is 6.42 Å². The molecule has 0 amide bonds. The fraction of sp³-hybridized carbons (Fsp3) is 0.154. The Morgan fingerprint density at radius 2 is 1.88 bits per heavy atom. The number of aryl methyl sites for hydroxylation is 1. The summed E-state index contributed by atoms with van der Waals surface area (Å²) in [6.45, 7) is 2.05. The fourth-order valence-corrected chi connectivity index (χ4v) is 2.41. The Labute approximate surface area is 103 Å². The Morgan fingerprint density at radius 1 is 1.19 bits per heavy atom. The van der Waals surface area contributed by atoms with E-state index in [0.717, 1.165) is 11.1 Å². The van der Waals surface area contributed by atoms with Gasteiger partial charge < -0.3 is 0 Å². The molecule has 0 aliphatic rings. The van der Waals surface area contributed by atoms with Crippen molar-refractivity contribution < 1.29 is 0 Å². The van der Waals surface area contributed by atoms with E-state index in [4.69, 9.17) is 11.6 Å². The molecule has 0 spiro atoms. The summed E-state index contributed by atoms with van der Waals surface area (Å²) in [5, 5.41) is 3.85. The van der Waals surface area contributed by atoms with Crippen molar-refractivity contribution >= 4 is 22.9 Å². The van der Waals surface area contributed by atoms with Gasteiger partial charge in [0.25, 0.3) is 0 Å². The van der Waals surface area contributed by atoms with Crippen molar-refractivity contribution in [3.05, 3.63) is 67.0 Å². The molecule has 0 atom stereocenters. The second-order valence-corrected chi connectivity index (χ2v) is 4.89. The Bertz CT molecular complexity index is 543. The molecule has 0 saturated heterocycles. The predicted octanol–water partition coefficient (Wildman–Crippen LogP) is 3.66. The second kappa shape index (κ2) is 4.81. The highest BCUT2D eigenvalue weighted by atomic mass is 35.5. The van der Waals surface area contributed by atoms with Crippen LogP contribution in [0, 0.1) is 6.92 Å². The number of hydrogen-bond donors (Lipinski definition) is 0. The summed E-state index contributed by atoms with van der Waals surface area (Å²) in [5.41, 5.74) is 3.07. The average Bonchev–Trinajstić information content (AvgIpc) is 2.28. The lowest BCUT2D eigenvalue weighted by Gasteiger charge is -2.01. The summed E-state index contributed by atoms with van der Waals surface area (Å²) < 4.78 is 0. The van der Waals surface area contributed by atoms with Crippen molar-refractivity contribution in [2.75, 3.05) is 0 Å². The molecule has 0 unspecified atom stereocenters. The first-order valence-corrected chi connectivity index (χ1v) is 6.29. The molecule has 0 fully saturated rings. The molecule has 0 aliphatic heterocycles. The topological polar surface area (TPSA) is 17.1 Å². The molecule has 1 aromatic carbocycles. The van der Waals surface area contributed by atoms with Crippen molar-refractivity contribution in [1.29, 1.82) is 0 Å². The van der Waals surface area contributed by atoms with Crippen LogP contribution >= 0.6 is 22.9 Å². The second-order valence-electron chi connectivity index (χ2n) is 3.74. The molecule has 2 rings (SSSR count). The summed E-state index contributed by atoms with van der Waals surface area (Å²) in [6, 6.07) is 8.18. The van der Waals surface area contributed by atoms with Gasteiger partial charge in [0.15, 0.2) is 0 Å². The van der Waals surface area contributed by atoms with Crippen molar-refractivity contribution in [1.82, 2.24) is 0 Å². The van der Waals surface area contributed by atoms with E-state index < -0.39 is 0 Å². The third kappa shape index (κ3) is 2.52. The third-order valence-electron chi connectivity index (χ3n) is 2.41. The van der Waals surface area contributed by atoms with Gasteiger partial charge in [-0.05, 0) is 17.9 Å². The maximum Gasteiger partial charge on any atom is 0.202 e. The van der Waals surface area contributed by atoms with Gasteiger partial charge in [0.05, 0.1) is 5.02 Å². The van der Waals surface area contributed by atoms with Crippen molar-refractivity contribution in [2.45, 2.75) is 13.3 Å². The van der Waals surface area contributed by atoms with Crippen LogP contribution in [0.4, 0.5) is 0 Å². The minimum atomic E-state index is -0.0546. The van der Waals surface area contributed by atoms with Crippen LogP contribution in [0.3, 0.4) is 0 Å². The van der Waals surface area contributed by atoms with Gasteiger partial charge in [-0.15, -0.1) is 0 Å². The van der Waals surface area contributed by atoms with Crippen molar-refractivity contribution in [2.24, 2.45) is 0 Å². The van der Waals surface area contributed by atoms with Crippen LogP contribution in [0.15, 0.2) is 39.8 Å². The lowest BCUT2D eigenvalue weighted by molar-refractivity contribution is 1.17. The molecule has 3 heteroatoms. The summed E-state index contributed by atoms with van der Waals surface area (Å²) in [6.07, 6.45) is 0.649. The summed E-state index contributed by atoms with van der Waals surface area (Å²) >= 11 is 7.26. The van der Waals surface area contributed by atoms with E-state index >= 15 is 0 Å². The Hall–Kier alpha value is -1.12. The van der Waals surface area contributed by atoms with Crippen LogP contribution in [-0.4, -0.2) is 0 Å². The van der Waals surface area contributed by atoms with E-state index in [1.165, 1.54) is 16.9 Å². The normalized spacial score (nSPS) is 10.4. The van der Waals surface area contributed by atoms with Crippen LogP contribution < -0.4 is 5.43 Å². The number of hydrogen-bond acceptors (Lipinski definition) is 2. The van der Waals surface area contributed by atoms with Crippen LogP contribution in [0.2, 0.25) is 5.02 Å². The summed E-state index contributed by atoms with van der Waals surface area (Å²) in [5.74, 6) is 0. The van der Waals surface area contributed by atoms with E-state index in [-0.39, 0.29) is 5.43 Å². The van der Waals surface area contributed by atoms with Gasteiger partial charge in [-0.1, -0.05) is 41.4 Å². The third-order valence-corrected chi connectivity index (χ3v) is 3.61. The van der Waals surface area contributed by atoms with E-state index in [0.29, 0.717) is 11.4 Å². The van der Waals surface area contributed by atoms with Gasteiger partial charge in [0.2, 0.25) is 5.43 Å². The van der Waals surface area contributed by atoms with Gasteiger partial charge in [-0.3, -0.25) is 4.79 Å². The molecule has 0 bridgehead atoms. The molecular formula is C13H11ClOS. The molecule has 0 aliphatic carbocycles. The molecule has 1 heterocycles. The van der Waals surface area contributed by atoms with Crippen molar-refractivity contribution in [3.8, 4) is 0 Å². The highest BCUT2D eigenvalue weighted by Crippen LogP contribution is 2.12. The SMILES string of the molecule is Cc1ccc(Cc2cscc(Cl)c2=O)cc1. The van der Waals surface area contributed by atoms with E-state index in [1.807, 2.05) is 36.6 Å². The van der Waals surface area contributed by atoms with Crippen molar-refractivity contribution in [3.63, 3.8) is 0 Å². The molecule has 2 aromatic rings. The quantitative estimate of drug-likeness (QED) is 0.795. The van der Waals surface area contributed by atoms with Gasteiger partial charge in [-0.25, -0.2) is 0 Å². The fourth-order valence-electron chi connectivity index (χ4n) is 1.48. The maximum atomic E-state index is 11.7. The zero-order chi connectivity index (χ0) is 11.5. The Balaban J connectivity index is 2.31. The number of benzene rings is 1. The average molecular weight is 251 g/mol. The molecule has 1 nitrogen and oxygen atoms in total. The number of halogens is 1. The van der Waals surface area contributed by atoms with Gasteiger partial charge in [0.1, 0.15) is 0 Å². The van der Waals surface area contributed by atoms with E-state index in [9.17, 15) is 4.79 Å². The molecular weight excluding hydrogens is 240 g/mol. The Morgan fingerprint density at radius 3 is 2.56 bits per heavy atom. The highest BCUT2D eigenvalue weighted by molar-refractivity contribution is 7.08. The van der Waals surface area contributed by atoms with Gasteiger partial charge in [-0.2, -0.15) is 11.3 Å². The van der Waals surface area contributed by atoms with E-state index in [2.05, 4.69) is 0 Å². The molecule has 0 saturated carbocycles. The lowest BCUT2D eigenvalue weighted by atomic mass is 10.1. The largest absolute Gasteiger partial charge is 0.288 e. The van der Waals surface area contributed by atoms with Gasteiger partial charge >= 0.3 is 0 Å². The smallest absolute Gasteiger partial charge is 0.202 e. The molecule has 1 aromatic heterocycles. The lowest BCUT2D eigenvalue weighted by Crippen LogP contribution is -2.07. The predicted molar refractivity (Wildman–Crippen MR) is 69.6 cm³/mol. The number of rotatable bonds is 2. The van der Waals surface area contributed by atoms with E-state index in [1.54, 1.807) is 5.38 Å². The minimum Gasteiger partial charge on any atom is -0.288 e.